The Morgan fingerprint density at radius 1 is 1.22 bits per heavy atom. The zero-order chi connectivity index (χ0) is 13.3. The summed E-state index contributed by atoms with van der Waals surface area (Å²) in [7, 11) is 0. The summed E-state index contributed by atoms with van der Waals surface area (Å²) in [5, 5.41) is 19.2. The number of aryl methyl sites for hydroxylation is 1. The summed E-state index contributed by atoms with van der Waals surface area (Å²) in [6, 6.07) is 1.63. The van der Waals surface area contributed by atoms with Gasteiger partial charge in [0.25, 0.3) is 0 Å². The van der Waals surface area contributed by atoms with E-state index in [4.69, 9.17) is 5.73 Å². The molecule has 1 aliphatic carbocycles. The highest BCUT2D eigenvalue weighted by Crippen LogP contribution is 2.44. The minimum Gasteiger partial charge on any atom is -0.504 e. The van der Waals surface area contributed by atoms with Crippen molar-refractivity contribution in [1.82, 2.24) is 0 Å². The van der Waals surface area contributed by atoms with Gasteiger partial charge in [-0.05, 0) is 37.0 Å². The summed E-state index contributed by atoms with van der Waals surface area (Å²) in [5.41, 5.74) is 6.42. The van der Waals surface area contributed by atoms with Crippen LogP contribution in [0.25, 0.3) is 0 Å². The van der Waals surface area contributed by atoms with Crippen molar-refractivity contribution in [3.05, 3.63) is 23.0 Å². The summed E-state index contributed by atoms with van der Waals surface area (Å²) in [4.78, 5) is 0. The molecule has 0 unspecified atom stereocenters. The lowest BCUT2D eigenvalue weighted by Gasteiger charge is -2.37. The van der Waals surface area contributed by atoms with E-state index in [9.17, 15) is 14.6 Å². The van der Waals surface area contributed by atoms with Crippen LogP contribution in [-0.4, -0.2) is 16.8 Å². The molecule has 1 saturated carbocycles. The van der Waals surface area contributed by atoms with Crippen LogP contribution in [0.4, 0.5) is 4.39 Å². The molecule has 0 heterocycles. The van der Waals surface area contributed by atoms with Crippen LogP contribution < -0.4 is 5.73 Å². The maximum absolute atomic E-state index is 14.2. The van der Waals surface area contributed by atoms with Crippen molar-refractivity contribution in [3.63, 3.8) is 0 Å². The Morgan fingerprint density at radius 2 is 1.83 bits per heavy atom. The molecule has 100 valence electrons. The molecular weight excluding hydrogens is 233 g/mol. The van der Waals surface area contributed by atoms with Gasteiger partial charge in [-0.15, -0.1) is 0 Å². The van der Waals surface area contributed by atoms with Gasteiger partial charge >= 0.3 is 0 Å². The number of hydrogen-bond acceptors (Lipinski definition) is 3. The maximum Gasteiger partial charge on any atom is 0.194 e. The fourth-order valence-corrected chi connectivity index (χ4v) is 2.96. The fourth-order valence-electron chi connectivity index (χ4n) is 2.96. The van der Waals surface area contributed by atoms with Crippen molar-refractivity contribution < 1.29 is 14.6 Å². The number of halogens is 1. The third-order valence-corrected chi connectivity index (χ3v) is 4.18. The van der Waals surface area contributed by atoms with Crippen LogP contribution in [-0.2, 0) is 5.41 Å². The minimum absolute atomic E-state index is 0.369. The molecule has 2 rings (SSSR count). The molecule has 1 aromatic carbocycles. The first-order valence-corrected chi connectivity index (χ1v) is 6.43. The summed E-state index contributed by atoms with van der Waals surface area (Å²) >= 11 is 0. The normalized spacial score (nSPS) is 18.8. The fraction of sp³-hybridized carbons (Fsp3) is 0.571. The van der Waals surface area contributed by atoms with Crippen molar-refractivity contribution in [3.8, 4) is 11.5 Å². The van der Waals surface area contributed by atoms with Crippen LogP contribution in [0.3, 0.4) is 0 Å². The highest BCUT2D eigenvalue weighted by molar-refractivity contribution is 5.50. The van der Waals surface area contributed by atoms with Crippen LogP contribution in [0.2, 0.25) is 0 Å². The summed E-state index contributed by atoms with van der Waals surface area (Å²) in [6.45, 7) is 2.03. The van der Waals surface area contributed by atoms with Gasteiger partial charge in [0, 0.05) is 12.0 Å². The molecule has 0 atom stereocenters. The van der Waals surface area contributed by atoms with Crippen LogP contribution in [0.5, 0.6) is 11.5 Å². The molecule has 1 aliphatic rings. The molecule has 3 nitrogen and oxygen atoms in total. The van der Waals surface area contributed by atoms with Crippen molar-refractivity contribution in [1.29, 1.82) is 0 Å². The summed E-state index contributed by atoms with van der Waals surface area (Å²) in [5.74, 6) is -1.74. The standard InChI is InChI=1S/C14H20FNO2/c1-9-7-10(11(15)13(18)12(9)17)14(8-16)5-3-2-4-6-14/h7,17-18H,2-6,8,16H2,1H3. The molecule has 0 saturated heterocycles. The second kappa shape index (κ2) is 4.76. The minimum atomic E-state index is -0.717. The molecule has 18 heavy (non-hydrogen) atoms. The number of phenolic OH excluding ortho intramolecular Hbond substituents is 2. The molecule has 0 aromatic heterocycles. The van der Waals surface area contributed by atoms with Crippen LogP contribution in [0.1, 0.15) is 43.2 Å². The third-order valence-electron chi connectivity index (χ3n) is 4.18. The number of nitrogens with two attached hydrogens (primary N) is 1. The van der Waals surface area contributed by atoms with Gasteiger partial charge in [0.1, 0.15) is 0 Å². The van der Waals surface area contributed by atoms with E-state index in [1.165, 1.54) is 0 Å². The monoisotopic (exact) mass is 253 g/mol. The van der Waals surface area contributed by atoms with Crippen LogP contribution in [0.15, 0.2) is 6.07 Å². The highest BCUT2D eigenvalue weighted by Gasteiger charge is 2.36. The lowest BCUT2D eigenvalue weighted by molar-refractivity contribution is 0.285. The number of aromatic hydroxyl groups is 2. The van der Waals surface area contributed by atoms with Crippen LogP contribution in [0, 0.1) is 12.7 Å². The topological polar surface area (TPSA) is 66.5 Å². The molecule has 0 radical (unpaired) electrons. The van der Waals surface area contributed by atoms with Crippen molar-refractivity contribution in [2.24, 2.45) is 5.73 Å². The first-order chi connectivity index (χ1) is 8.52. The average Bonchev–Trinajstić information content (AvgIpc) is 2.41. The molecular formula is C14H20FNO2. The molecule has 1 fully saturated rings. The van der Waals surface area contributed by atoms with Gasteiger partial charge in [0.05, 0.1) is 0 Å². The second-order valence-corrected chi connectivity index (χ2v) is 5.30. The van der Waals surface area contributed by atoms with E-state index in [2.05, 4.69) is 0 Å². The van der Waals surface area contributed by atoms with Gasteiger partial charge in [-0.25, -0.2) is 4.39 Å². The van der Waals surface area contributed by atoms with E-state index >= 15 is 0 Å². The predicted octanol–water partition coefficient (Wildman–Crippen LogP) is 2.71. The lowest BCUT2D eigenvalue weighted by Crippen LogP contribution is -2.38. The van der Waals surface area contributed by atoms with Gasteiger partial charge in [0.15, 0.2) is 17.3 Å². The zero-order valence-electron chi connectivity index (χ0n) is 10.7. The van der Waals surface area contributed by atoms with Crippen LogP contribution >= 0.6 is 0 Å². The SMILES string of the molecule is Cc1cc(C2(CN)CCCCC2)c(F)c(O)c1O. The third kappa shape index (κ3) is 1.94. The van der Waals surface area contributed by atoms with Gasteiger partial charge in [0.2, 0.25) is 0 Å². The zero-order valence-corrected chi connectivity index (χ0v) is 10.7. The Hall–Kier alpha value is -1.29. The number of phenols is 2. The van der Waals surface area contributed by atoms with E-state index in [-0.39, 0.29) is 5.75 Å². The summed E-state index contributed by atoms with van der Waals surface area (Å²) < 4.78 is 14.2. The molecule has 0 amide bonds. The number of rotatable bonds is 2. The number of benzene rings is 1. The smallest absolute Gasteiger partial charge is 0.194 e. The van der Waals surface area contributed by atoms with E-state index in [1.807, 2.05) is 0 Å². The van der Waals surface area contributed by atoms with Crippen molar-refractivity contribution in [2.75, 3.05) is 6.54 Å². The van der Waals surface area contributed by atoms with E-state index in [0.29, 0.717) is 17.7 Å². The van der Waals surface area contributed by atoms with E-state index < -0.39 is 17.0 Å². The van der Waals surface area contributed by atoms with Gasteiger partial charge < -0.3 is 15.9 Å². The predicted molar refractivity (Wildman–Crippen MR) is 68.3 cm³/mol. The Labute approximate surface area is 106 Å². The van der Waals surface area contributed by atoms with Crippen molar-refractivity contribution >= 4 is 0 Å². The Kier molecular flexibility index (Phi) is 3.48. The maximum atomic E-state index is 14.2. The largest absolute Gasteiger partial charge is 0.504 e. The second-order valence-electron chi connectivity index (χ2n) is 5.30. The number of hydrogen-bond donors (Lipinski definition) is 3. The van der Waals surface area contributed by atoms with Crippen molar-refractivity contribution in [2.45, 2.75) is 44.4 Å². The molecule has 0 aliphatic heterocycles. The molecule has 1 aromatic rings. The van der Waals surface area contributed by atoms with E-state index in [1.54, 1.807) is 13.0 Å². The average molecular weight is 253 g/mol. The Morgan fingerprint density at radius 3 is 2.39 bits per heavy atom. The lowest BCUT2D eigenvalue weighted by atomic mass is 9.69. The van der Waals surface area contributed by atoms with Gasteiger partial charge in [-0.1, -0.05) is 19.3 Å². The highest BCUT2D eigenvalue weighted by atomic mass is 19.1. The van der Waals surface area contributed by atoms with E-state index in [0.717, 1.165) is 32.1 Å². The van der Waals surface area contributed by atoms with Gasteiger partial charge in [-0.2, -0.15) is 0 Å². The van der Waals surface area contributed by atoms with Gasteiger partial charge in [-0.3, -0.25) is 0 Å². The quantitative estimate of drug-likeness (QED) is 0.710. The first-order valence-electron chi connectivity index (χ1n) is 6.43. The summed E-state index contributed by atoms with van der Waals surface area (Å²) in [6.07, 6.45) is 4.87. The molecule has 0 spiro atoms. The first kappa shape index (κ1) is 13.1. The molecule has 0 bridgehead atoms. The molecule has 4 heteroatoms. The Bertz CT molecular complexity index is 454. The Balaban J connectivity index is 2.55. The molecule has 4 N–H and O–H groups in total.